The minimum atomic E-state index is -1.62. The molecule has 0 unspecified atom stereocenters. The first kappa shape index (κ1) is 38.1. The molecule has 11 nitrogen and oxygen atoms in total. The number of nitrogens with one attached hydrogen (secondary N) is 2. The number of benzene rings is 2. The van der Waals surface area contributed by atoms with Crippen molar-refractivity contribution in [1.82, 2.24) is 19.6 Å². The Hall–Kier alpha value is -6.18. The predicted octanol–water partition coefficient (Wildman–Crippen LogP) is 8.16. The van der Waals surface area contributed by atoms with Crippen LogP contribution >= 0.6 is 22.7 Å². The van der Waals surface area contributed by atoms with Crippen molar-refractivity contribution in [3.05, 3.63) is 125 Å². The smallest absolute Gasteiger partial charge is 0.291 e. The van der Waals surface area contributed by atoms with Crippen LogP contribution in [0.3, 0.4) is 0 Å². The molecule has 0 radical (unpaired) electrons. The van der Waals surface area contributed by atoms with E-state index in [0.717, 1.165) is 10.2 Å². The maximum atomic E-state index is 13.5. The third-order valence-electron chi connectivity index (χ3n) is 7.74. The average molecular weight is 758 g/mol. The zero-order chi connectivity index (χ0) is 38.4. The van der Waals surface area contributed by atoms with Gasteiger partial charge in [0.25, 0.3) is 11.1 Å². The van der Waals surface area contributed by atoms with E-state index in [2.05, 4.69) is 20.8 Å². The lowest BCUT2D eigenvalue weighted by Gasteiger charge is -2.15. The molecular weight excluding hydrogens is 728 g/mol. The molecule has 0 saturated heterocycles. The van der Waals surface area contributed by atoms with Gasteiger partial charge in [0.05, 0.1) is 22.8 Å². The zero-order valence-corrected chi connectivity index (χ0v) is 30.3. The number of halogens is 3. The number of ketones is 2. The van der Waals surface area contributed by atoms with Gasteiger partial charge in [0, 0.05) is 58.5 Å². The van der Waals surface area contributed by atoms with Crippen molar-refractivity contribution in [2.24, 2.45) is 0 Å². The van der Waals surface area contributed by atoms with E-state index < -0.39 is 28.8 Å². The summed E-state index contributed by atoms with van der Waals surface area (Å²) in [7, 11) is 0. The molecule has 6 rings (SSSR count). The number of anilines is 4. The highest BCUT2D eigenvalue weighted by atomic mass is 32.1. The van der Waals surface area contributed by atoms with Gasteiger partial charge in [-0.3, -0.25) is 19.2 Å². The Morgan fingerprint density at radius 2 is 1.17 bits per heavy atom. The highest BCUT2D eigenvalue weighted by Gasteiger charge is 2.24. The van der Waals surface area contributed by atoms with Gasteiger partial charge in [-0.2, -0.15) is 38.1 Å². The molecule has 2 N–H and O–H groups in total. The van der Waals surface area contributed by atoms with Crippen LogP contribution in [0, 0.1) is 28.8 Å². The fraction of sp³-hybridized carbons (Fsp3) is 0.162. The second-order valence-corrected chi connectivity index (χ2v) is 12.8. The van der Waals surface area contributed by atoms with Crippen molar-refractivity contribution in [2.45, 2.75) is 40.8 Å². The van der Waals surface area contributed by atoms with E-state index in [-0.39, 0.29) is 51.8 Å². The second kappa shape index (κ2) is 16.4. The number of rotatable bonds is 10. The molecule has 0 aliphatic carbocycles. The summed E-state index contributed by atoms with van der Waals surface area (Å²) in [5, 5.41) is 30.5. The van der Waals surface area contributed by atoms with Crippen LogP contribution in [-0.2, 0) is 13.1 Å². The van der Waals surface area contributed by atoms with E-state index >= 15 is 0 Å². The van der Waals surface area contributed by atoms with E-state index in [4.69, 9.17) is 5.26 Å². The molecule has 4 heterocycles. The quantitative estimate of drug-likeness (QED) is 0.104. The van der Waals surface area contributed by atoms with Gasteiger partial charge < -0.3 is 10.6 Å². The lowest BCUT2D eigenvalue weighted by molar-refractivity contribution is 0.101. The molecule has 0 bridgehead atoms. The van der Waals surface area contributed by atoms with E-state index in [1.54, 1.807) is 48.0 Å². The van der Waals surface area contributed by atoms with Crippen LogP contribution in [0.1, 0.15) is 54.0 Å². The highest BCUT2D eigenvalue weighted by molar-refractivity contribution is 7.08. The first-order chi connectivity index (χ1) is 25.4. The fourth-order valence-corrected chi connectivity index (χ4v) is 6.52. The lowest BCUT2D eigenvalue weighted by Crippen LogP contribution is -2.28. The molecule has 53 heavy (non-hydrogen) atoms. The summed E-state index contributed by atoms with van der Waals surface area (Å²) < 4.78 is 42.7. The van der Waals surface area contributed by atoms with Crippen molar-refractivity contribution in [2.75, 3.05) is 10.6 Å². The zero-order valence-electron chi connectivity index (χ0n) is 28.7. The third kappa shape index (κ3) is 8.16. The van der Waals surface area contributed by atoms with Gasteiger partial charge in [0.15, 0.2) is 29.0 Å². The number of aromatic nitrogens is 4. The summed E-state index contributed by atoms with van der Waals surface area (Å²) in [5.74, 6) is -5.13. The molecule has 2 aromatic carbocycles. The SMILES string of the molecule is CCn1nc(-c2ccsc2)c(C(C)=O)c(Nc2cc(F)c(F)c(F)c2)c1=O.CCn1nc(-c2ccsc2)c(C(C)=O)c(Nc2ccc(C#N)cc2)c1=O. The second-order valence-electron chi connectivity index (χ2n) is 11.3. The monoisotopic (exact) mass is 757 g/mol. The number of nitriles is 1. The largest absolute Gasteiger partial charge is 0.350 e. The summed E-state index contributed by atoms with van der Waals surface area (Å²) >= 11 is 2.88. The van der Waals surface area contributed by atoms with Crippen LogP contribution in [0.2, 0.25) is 0 Å². The van der Waals surface area contributed by atoms with E-state index in [1.807, 2.05) is 29.8 Å². The first-order valence-electron chi connectivity index (χ1n) is 15.9. The molecule has 0 atom stereocenters. The maximum Gasteiger partial charge on any atom is 0.291 e. The van der Waals surface area contributed by atoms with Gasteiger partial charge in [0.1, 0.15) is 22.8 Å². The molecule has 0 saturated carbocycles. The summed E-state index contributed by atoms with van der Waals surface area (Å²) in [6.45, 7) is 6.81. The minimum absolute atomic E-state index is 0.00626. The standard InChI is InChI=1S/C19H16N4O2S.C18H14F3N3O2S/c1-3-23-19(25)18(21-15-6-4-13(10-20)5-7-15)16(12(2)24)17(22-23)14-8-9-26-11-14;1-3-24-18(26)17(22-11-6-12(19)15(21)13(20)7-11)14(9(2)25)16(23-24)10-4-5-27-8-10/h4-9,11,21H,3H2,1-2H3;4-8,22H,3H2,1-2H3. The molecule has 270 valence electrons. The normalized spacial score (nSPS) is 10.6. The highest BCUT2D eigenvalue weighted by Crippen LogP contribution is 2.31. The number of aryl methyl sites for hydroxylation is 2. The summed E-state index contributed by atoms with van der Waals surface area (Å²) in [6.07, 6.45) is 0. The third-order valence-corrected chi connectivity index (χ3v) is 9.11. The molecule has 16 heteroatoms. The maximum absolute atomic E-state index is 13.5. The number of hydrogen-bond acceptors (Lipinski definition) is 11. The van der Waals surface area contributed by atoms with Crippen LogP contribution in [0.4, 0.5) is 35.9 Å². The molecule has 0 fully saturated rings. The summed E-state index contributed by atoms with van der Waals surface area (Å²) in [4.78, 5) is 50.2. The Labute approximate surface area is 308 Å². The molecule has 6 aromatic rings. The number of carbonyl (C=O) groups is 2. The van der Waals surface area contributed by atoms with Gasteiger partial charge >= 0.3 is 0 Å². The number of hydrogen-bond donors (Lipinski definition) is 2. The van der Waals surface area contributed by atoms with Crippen molar-refractivity contribution in [3.63, 3.8) is 0 Å². The Bertz CT molecular complexity index is 2450. The number of carbonyl (C=O) groups excluding carboxylic acids is 2. The minimum Gasteiger partial charge on any atom is -0.350 e. The molecule has 0 aliphatic rings. The Morgan fingerprint density at radius 1 is 0.736 bits per heavy atom. The fourth-order valence-electron chi connectivity index (χ4n) is 5.23. The Morgan fingerprint density at radius 3 is 1.53 bits per heavy atom. The lowest BCUT2D eigenvalue weighted by atomic mass is 10.0. The number of nitrogens with zero attached hydrogens (tertiary/aromatic N) is 5. The van der Waals surface area contributed by atoms with Gasteiger partial charge in [-0.15, -0.1) is 0 Å². The molecule has 4 aromatic heterocycles. The van der Waals surface area contributed by atoms with E-state index in [0.29, 0.717) is 41.2 Å². The van der Waals surface area contributed by atoms with Crippen LogP contribution in [-0.4, -0.2) is 31.1 Å². The Balaban J connectivity index is 0.000000204. The van der Waals surface area contributed by atoms with Crippen molar-refractivity contribution < 1.29 is 22.8 Å². The molecule has 0 aliphatic heterocycles. The molecule has 0 spiro atoms. The van der Waals surface area contributed by atoms with Gasteiger partial charge in [-0.1, -0.05) is 0 Å². The van der Waals surface area contributed by atoms with Gasteiger partial charge in [-0.05, 0) is 74.9 Å². The number of Topliss-reactive ketones (excluding diaryl/α,β-unsaturated/α-hetero) is 2. The molecule has 0 amide bonds. The van der Waals surface area contributed by atoms with E-state index in [1.165, 1.54) is 41.2 Å². The number of thiophene rings is 2. The average Bonchev–Trinajstić information content (AvgIpc) is 3.88. The molecular formula is C37H30F3N7O4S2. The van der Waals surface area contributed by atoms with Gasteiger partial charge in [-0.25, -0.2) is 22.5 Å². The predicted molar refractivity (Wildman–Crippen MR) is 199 cm³/mol. The summed E-state index contributed by atoms with van der Waals surface area (Å²) in [6, 6.07) is 13.8. The van der Waals surface area contributed by atoms with Gasteiger partial charge in [0.2, 0.25) is 0 Å². The van der Waals surface area contributed by atoms with Crippen LogP contribution < -0.4 is 21.8 Å². The van der Waals surface area contributed by atoms with E-state index in [9.17, 15) is 32.3 Å². The topological polar surface area (TPSA) is 152 Å². The van der Waals surface area contributed by atoms with Crippen molar-refractivity contribution >= 4 is 57.0 Å². The summed E-state index contributed by atoms with van der Waals surface area (Å²) in [5.41, 5.74) is 2.41. The Kier molecular flexibility index (Phi) is 11.8. The van der Waals surface area contributed by atoms with Crippen LogP contribution in [0.25, 0.3) is 22.5 Å². The van der Waals surface area contributed by atoms with Crippen LogP contribution in [0.5, 0.6) is 0 Å². The van der Waals surface area contributed by atoms with Crippen LogP contribution in [0.15, 0.2) is 79.6 Å². The van der Waals surface area contributed by atoms with Crippen molar-refractivity contribution in [1.29, 1.82) is 5.26 Å². The van der Waals surface area contributed by atoms with Crippen molar-refractivity contribution in [3.8, 4) is 28.6 Å². The first-order valence-corrected chi connectivity index (χ1v) is 17.8.